The van der Waals surface area contributed by atoms with Crippen molar-refractivity contribution in [1.82, 2.24) is 4.98 Å². The molecule has 19 heavy (non-hydrogen) atoms. The molecule has 0 aliphatic carbocycles. The Hall–Kier alpha value is -1.52. The molecule has 0 saturated carbocycles. The predicted molar refractivity (Wildman–Crippen MR) is 79.5 cm³/mol. The number of halogens is 1. The zero-order valence-corrected chi connectivity index (χ0v) is 11.7. The van der Waals surface area contributed by atoms with Crippen LogP contribution in [0.1, 0.15) is 5.56 Å². The average molecular weight is 293 g/mol. The highest BCUT2D eigenvalue weighted by Gasteiger charge is 2.09. The van der Waals surface area contributed by atoms with Gasteiger partial charge in [-0.05, 0) is 18.2 Å². The minimum atomic E-state index is 0.101. The van der Waals surface area contributed by atoms with Crippen molar-refractivity contribution in [3.8, 4) is 0 Å². The molecular weight excluding hydrogens is 280 g/mol. The summed E-state index contributed by atoms with van der Waals surface area (Å²) in [6, 6.07) is 11.1. The van der Waals surface area contributed by atoms with E-state index in [1.807, 2.05) is 30.3 Å². The third kappa shape index (κ3) is 3.98. The number of hydrogen-bond donors (Lipinski definition) is 1. The number of aromatic nitrogens is 1. The lowest BCUT2D eigenvalue weighted by Gasteiger charge is -2.05. The van der Waals surface area contributed by atoms with Crippen molar-refractivity contribution < 1.29 is 4.79 Å². The summed E-state index contributed by atoms with van der Waals surface area (Å²) in [5.41, 5.74) is 6.48. The first-order valence-corrected chi connectivity index (χ1v) is 7.11. The monoisotopic (exact) mass is 292 g/mol. The topological polar surface area (TPSA) is 56.0 Å². The number of carbonyl (C=O) groups is 1. The summed E-state index contributed by atoms with van der Waals surface area (Å²) in [5.74, 6) is 0.890. The first-order chi connectivity index (χ1) is 9.16. The molecule has 0 atom stereocenters. The largest absolute Gasteiger partial charge is 0.383 e. The second kappa shape index (κ2) is 6.59. The maximum Gasteiger partial charge on any atom is 0.147 e. The summed E-state index contributed by atoms with van der Waals surface area (Å²) >= 11 is 7.47. The third-order valence-electron chi connectivity index (χ3n) is 2.54. The fourth-order valence-electron chi connectivity index (χ4n) is 1.58. The minimum Gasteiger partial charge on any atom is -0.383 e. The number of rotatable bonds is 5. The summed E-state index contributed by atoms with van der Waals surface area (Å²) in [4.78, 5) is 16.8. The standard InChI is InChI=1S/C14H13ClN2OS/c15-12-5-1-2-6-13(12)19-9-11(18)8-10-4-3-7-17-14(10)16/h1-7H,8-9H2,(H2,16,17). The van der Waals surface area contributed by atoms with Crippen LogP contribution < -0.4 is 5.73 Å². The molecule has 0 amide bonds. The Morgan fingerprint density at radius 2 is 2.05 bits per heavy atom. The van der Waals surface area contributed by atoms with Gasteiger partial charge in [0.25, 0.3) is 0 Å². The van der Waals surface area contributed by atoms with Gasteiger partial charge in [0, 0.05) is 23.1 Å². The molecule has 0 saturated heterocycles. The van der Waals surface area contributed by atoms with Crippen LogP contribution in [0.5, 0.6) is 0 Å². The van der Waals surface area contributed by atoms with Crippen LogP contribution in [-0.4, -0.2) is 16.5 Å². The number of nitrogen functional groups attached to an aromatic ring is 1. The van der Waals surface area contributed by atoms with Gasteiger partial charge >= 0.3 is 0 Å². The van der Waals surface area contributed by atoms with Crippen molar-refractivity contribution in [2.75, 3.05) is 11.5 Å². The number of hydrogen-bond acceptors (Lipinski definition) is 4. The molecule has 1 aromatic carbocycles. The summed E-state index contributed by atoms with van der Waals surface area (Å²) in [5, 5.41) is 0.668. The number of nitrogens with zero attached hydrogens (tertiary/aromatic N) is 1. The lowest BCUT2D eigenvalue weighted by Crippen LogP contribution is -2.08. The zero-order chi connectivity index (χ0) is 13.7. The Morgan fingerprint density at radius 3 is 2.79 bits per heavy atom. The molecule has 2 rings (SSSR count). The van der Waals surface area contributed by atoms with Crippen molar-refractivity contribution in [1.29, 1.82) is 0 Å². The van der Waals surface area contributed by atoms with E-state index in [2.05, 4.69) is 4.98 Å². The summed E-state index contributed by atoms with van der Waals surface area (Å²) in [6.45, 7) is 0. The smallest absolute Gasteiger partial charge is 0.147 e. The van der Waals surface area contributed by atoms with E-state index in [9.17, 15) is 4.79 Å². The molecule has 0 radical (unpaired) electrons. The molecule has 2 N–H and O–H groups in total. The molecule has 1 aromatic heterocycles. The number of nitrogens with two attached hydrogens (primary N) is 1. The van der Waals surface area contributed by atoms with Gasteiger partial charge in [-0.3, -0.25) is 4.79 Å². The Labute approximate surface area is 121 Å². The normalized spacial score (nSPS) is 10.4. The molecule has 0 bridgehead atoms. The van der Waals surface area contributed by atoms with E-state index in [0.29, 0.717) is 23.0 Å². The molecule has 0 unspecified atom stereocenters. The van der Waals surface area contributed by atoms with Crippen molar-refractivity contribution in [3.63, 3.8) is 0 Å². The molecule has 2 aromatic rings. The van der Waals surface area contributed by atoms with E-state index >= 15 is 0 Å². The van der Waals surface area contributed by atoms with Gasteiger partial charge in [0.1, 0.15) is 11.6 Å². The van der Waals surface area contributed by atoms with Crippen LogP contribution in [0.15, 0.2) is 47.5 Å². The van der Waals surface area contributed by atoms with Crippen LogP contribution in [0.3, 0.4) is 0 Å². The van der Waals surface area contributed by atoms with E-state index < -0.39 is 0 Å². The zero-order valence-electron chi connectivity index (χ0n) is 10.2. The number of carbonyl (C=O) groups excluding carboxylic acids is 1. The van der Waals surface area contributed by atoms with E-state index in [0.717, 1.165) is 10.5 Å². The summed E-state index contributed by atoms with van der Waals surface area (Å²) in [7, 11) is 0. The second-order valence-corrected chi connectivity index (χ2v) is 5.41. The Kier molecular flexibility index (Phi) is 4.82. The molecule has 98 valence electrons. The van der Waals surface area contributed by atoms with Gasteiger partial charge in [-0.15, -0.1) is 11.8 Å². The number of pyridine rings is 1. The fraction of sp³-hybridized carbons (Fsp3) is 0.143. The fourth-order valence-corrected chi connectivity index (χ4v) is 2.68. The van der Waals surface area contributed by atoms with Gasteiger partial charge in [0.15, 0.2) is 0 Å². The van der Waals surface area contributed by atoms with Gasteiger partial charge in [-0.25, -0.2) is 4.98 Å². The number of ketones is 1. The molecule has 0 aliphatic rings. The van der Waals surface area contributed by atoms with Gasteiger partial charge in [0.2, 0.25) is 0 Å². The van der Waals surface area contributed by atoms with Gasteiger partial charge in [-0.1, -0.05) is 29.8 Å². The Morgan fingerprint density at radius 1 is 1.26 bits per heavy atom. The highest BCUT2D eigenvalue weighted by Crippen LogP contribution is 2.26. The van der Waals surface area contributed by atoms with Crippen LogP contribution in [0, 0.1) is 0 Å². The molecule has 0 aliphatic heterocycles. The lowest BCUT2D eigenvalue weighted by atomic mass is 10.1. The molecule has 5 heteroatoms. The molecule has 1 heterocycles. The first-order valence-electron chi connectivity index (χ1n) is 5.75. The first kappa shape index (κ1) is 13.9. The SMILES string of the molecule is Nc1ncccc1CC(=O)CSc1ccccc1Cl. The molecule has 0 spiro atoms. The molecular formula is C14H13ClN2OS. The highest BCUT2D eigenvalue weighted by atomic mass is 35.5. The number of anilines is 1. The van der Waals surface area contributed by atoms with Crippen LogP contribution in [0.4, 0.5) is 5.82 Å². The molecule has 3 nitrogen and oxygen atoms in total. The summed E-state index contributed by atoms with van der Waals surface area (Å²) in [6.07, 6.45) is 1.92. The average Bonchev–Trinajstić information content (AvgIpc) is 2.40. The Balaban J connectivity index is 1.92. The third-order valence-corrected chi connectivity index (χ3v) is 4.11. The minimum absolute atomic E-state index is 0.101. The Bertz CT molecular complexity index is 589. The lowest BCUT2D eigenvalue weighted by molar-refractivity contribution is -0.115. The van der Waals surface area contributed by atoms with Crippen LogP contribution >= 0.6 is 23.4 Å². The van der Waals surface area contributed by atoms with Gasteiger partial charge in [0.05, 0.1) is 10.8 Å². The maximum absolute atomic E-state index is 11.9. The van der Waals surface area contributed by atoms with Crippen molar-refractivity contribution >= 4 is 35.0 Å². The summed E-state index contributed by atoms with van der Waals surface area (Å²) < 4.78 is 0. The number of benzene rings is 1. The molecule has 0 fully saturated rings. The van der Waals surface area contributed by atoms with Crippen molar-refractivity contribution in [2.45, 2.75) is 11.3 Å². The van der Waals surface area contributed by atoms with Crippen LogP contribution in [0.25, 0.3) is 0 Å². The van der Waals surface area contributed by atoms with E-state index in [4.69, 9.17) is 17.3 Å². The van der Waals surface area contributed by atoms with E-state index in [-0.39, 0.29) is 5.78 Å². The van der Waals surface area contributed by atoms with Crippen molar-refractivity contribution in [3.05, 3.63) is 53.2 Å². The van der Waals surface area contributed by atoms with Crippen LogP contribution in [-0.2, 0) is 11.2 Å². The highest BCUT2D eigenvalue weighted by molar-refractivity contribution is 8.00. The van der Waals surface area contributed by atoms with Gasteiger partial charge < -0.3 is 5.73 Å². The maximum atomic E-state index is 11.9. The van der Waals surface area contributed by atoms with Crippen molar-refractivity contribution in [2.24, 2.45) is 0 Å². The quantitative estimate of drug-likeness (QED) is 0.860. The predicted octanol–water partition coefficient (Wildman–Crippen LogP) is 3.22. The second-order valence-electron chi connectivity index (χ2n) is 3.98. The van der Waals surface area contributed by atoms with E-state index in [1.165, 1.54) is 11.8 Å². The van der Waals surface area contributed by atoms with Gasteiger partial charge in [-0.2, -0.15) is 0 Å². The van der Waals surface area contributed by atoms with Crippen LogP contribution in [0.2, 0.25) is 5.02 Å². The number of Topliss-reactive ketones (excluding diaryl/α,β-unsaturated/α-hetero) is 1. The number of thioether (sulfide) groups is 1. The van der Waals surface area contributed by atoms with E-state index in [1.54, 1.807) is 12.3 Å².